The van der Waals surface area contributed by atoms with Gasteiger partial charge in [0.15, 0.2) is 0 Å². The van der Waals surface area contributed by atoms with Crippen LogP contribution < -0.4 is 0 Å². The largest absolute Gasteiger partial charge is 0.396 e. The summed E-state index contributed by atoms with van der Waals surface area (Å²) in [6, 6.07) is 4.10. The third-order valence-electron chi connectivity index (χ3n) is 2.26. The van der Waals surface area contributed by atoms with Crippen LogP contribution in [0.3, 0.4) is 0 Å². The number of aliphatic hydroxyl groups excluding tert-OH is 1. The minimum absolute atomic E-state index is 0.216. The monoisotopic (exact) mass is 222 g/mol. The molecular weight excluding hydrogens is 208 g/mol. The second kappa shape index (κ2) is 4.59. The van der Waals surface area contributed by atoms with E-state index in [1.807, 2.05) is 13.0 Å². The van der Waals surface area contributed by atoms with Crippen LogP contribution in [0.1, 0.15) is 17.9 Å². The van der Waals surface area contributed by atoms with E-state index in [0.29, 0.717) is 0 Å². The number of nitrogens with zero attached hydrogens (tertiary/aromatic N) is 1. The first kappa shape index (κ1) is 10.4. The van der Waals surface area contributed by atoms with E-state index >= 15 is 0 Å². The average molecular weight is 222 g/mol. The summed E-state index contributed by atoms with van der Waals surface area (Å²) in [6.45, 7) is 2.25. The highest BCUT2D eigenvalue weighted by Gasteiger charge is 2.08. The molecule has 0 aliphatic carbocycles. The predicted octanol–water partition coefficient (Wildman–Crippen LogP) is 2.37. The molecule has 0 aromatic carbocycles. The molecule has 0 radical (unpaired) electrons. The lowest BCUT2D eigenvalue weighted by molar-refractivity contribution is 0.287. The Labute approximate surface area is 92.8 Å². The molecule has 0 aliphatic heterocycles. The number of aromatic nitrogens is 2. The number of aliphatic hydroxyl groups is 1. The molecule has 0 bridgehead atoms. The van der Waals surface area contributed by atoms with Gasteiger partial charge in [-0.1, -0.05) is 6.07 Å². The highest BCUT2D eigenvalue weighted by atomic mass is 32.1. The van der Waals surface area contributed by atoms with Crippen LogP contribution in [0.25, 0.3) is 10.6 Å². The molecule has 4 heteroatoms. The van der Waals surface area contributed by atoms with Crippen LogP contribution in [0.2, 0.25) is 0 Å². The Kier molecular flexibility index (Phi) is 3.18. The topological polar surface area (TPSA) is 48.9 Å². The van der Waals surface area contributed by atoms with Crippen molar-refractivity contribution >= 4 is 11.3 Å². The lowest BCUT2D eigenvalue weighted by Gasteiger charge is -1.91. The van der Waals surface area contributed by atoms with Crippen molar-refractivity contribution in [1.29, 1.82) is 0 Å². The van der Waals surface area contributed by atoms with Crippen molar-refractivity contribution < 1.29 is 5.11 Å². The maximum absolute atomic E-state index is 8.75. The molecule has 0 atom stereocenters. The number of rotatable bonds is 4. The zero-order valence-corrected chi connectivity index (χ0v) is 9.47. The van der Waals surface area contributed by atoms with Crippen molar-refractivity contribution in [1.82, 2.24) is 9.97 Å². The van der Waals surface area contributed by atoms with Crippen molar-refractivity contribution in [2.75, 3.05) is 6.61 Å². The van der Waals surface area contributed by atoms with E-state index < -0.39 is 0 Å². The number of aromatic amines is 1. The Bertz CT molecular complexity index is 420. The fourth-order valence-electron chi connectivity index (χ4n) is 1.54. The third kappa shape index (κ3) is 2.27. The van der Waals surface area contributed by atoms with E-state index in [1.54, 1.807) is 11.3 Å². The molecule has 0 fully saturated rings. The summed E-state index contributed by atoms with van der Waals surface area (Å²) < 4.78 is 0. The molecule has 0 spiro atoms. The van der Waals surface area contributed by atoms with E-state index in [9.17, 15) is 0 Å². The van der Waals surface area contributed by atoms with Crippen LogP contribution in [0, 0.1) is 6.92 Å². The molecule has 2 heterocycles. The molecule has 2 N–H and O–H groups in total. The molecule has 80 valence electrons. The lowest BCUT2D eigenvalue weighted by Crippen LogP contribution is -1.91. The van der Waals surface area contributed by atoms with Crippen LogP contribution in [0.15, 0.2) is 17.5 Å². The maximum Gasteiger partial charge on any atom is 0.107 e. The first-order valence-electron chi connectivity index (χ1n) is 5.01. The molecular formula is C11H14N2OS. The van der Waals surface area contributed by atoms with Gasteiger partial charge in [-0.15, -0.1) is 11.3 Å². The van der Waals surface area contributed by atoms with Gasteiger partial charge in [0.25, 0.3) is 0 Å². The Balaban J connectivity index is 2.22. The standard InChI is InChI=1S/C11H14N2OS/c1-8-11(9-4-3-7-15-9)13-10(12-8)5-2-6-14/h3-4,7,14H,2,5-6H2,1H3,(H,12,13). The summed E-state index contributed by atoms with van der Waals surface area (Å²) in [5, 5.41) is 10.8. The van der Waals surface area contributed by atoms with Crippen LogP contribution in [-0.4, -0.2) is 21.7 Å². The minimum atomic E-state index is 0.216. The first-order chi connectivity index (χ1) is 7.31. The molecule has 0 saturated heterocycles. The van der Waals surface area contributed by atoms with Gasteiger partial charge in [0.05, 0.1) is 4.88 Å². The smallest absolute Gasteiger partial charge is 0.107 e. The molecule has 0 aliphatic rings. The van der Waals surface area contributed by atoms with Gasteiger partial charge in [0, 0.05) is 18.7 Å². The predicted molar refractivity (Wildman–Crippen MR) is 62.0 cm³/mol. The fourth-order valence-corrected chi connectivity index (χ4v) is 2.31. The van der Waals surface area contributed by atoms with Crippen molar-refractivity contribution in [2.24, 2.45) is 0 Å². The normalized spacial score (nSPS) is 10.8. The molecule has 2 aromatic heterocycles. The first-order valence-corrected chi connectivity index (χ1v) is 5.89. The Morgan fingerprint density at radius 2 is 2.40 bits per heavy atom. The van der Waals surface area contributed by atoms with Crippen molar-refractivity contribution in [3.63, 3.8) is 0 Å². The summed E-state index contributed by atoms with van der Waals surface area (Å²) in [5.41, 5.74) is 2.14. The maximum atomic E-state index is 8.75. The molecule has 15 heavy (non-hydrogen) atoms. The van der Waals surface area contributed by atoms with Gasteiger partial charge in [0.2, 0.25) is 0 Å². The van der Waals surface area contributed by atoms with Crippen molar-refractivity contribution in [2.45, 2.75) is 19.8 Å². The van der Waals surface area contributed by atoms with Crippen molar-refractivity contribution in [3.05, 3.63) is 29.0 Å². The van der Waals surface area contributed by atoms with Crippen LogP contribution in [0.5, 0.6) is 0 Å². The van der Waals surface area contributed by atoms with Crippen LogP contribution in [0.4, 0.5) is 0 Å². The zero-order valence-electron chi connectivity index (χ0n) is 8.66. The lowest BCUT2D eigenvalue weighted by atomic mass is 10.3. The summed E-state index contributed by atoms with van der Waals surface area (Å²) >= 11 is 1.70. The fraction of sp³-hybridized carbons (Fsp3) is 0.364. The summed E-state index contributed by atoms with van der Waals surface area (Å²) in [6.07, 6.45) is 1.57. The molecule has 2 rings (SSSR count). The molecule has 0 saturated carbocycles. The Morgan fingerprint density at radius 1 is 1.53 bits per heavy atom. The highest BCUT2D eigenvalue weighted by molar-refractivity contribution is 7.13. The summed E-state index contributed by atoms with van der Waals surface area (Å²) in [5.74, 6) is 0.963. The number of aryl methyl sites for hydroxylation is 2. The number of hydrogen-bond acceptors (Lipinski definition) is 3. The second-order valence-electron chi connectivity index (χ2n) is 3.46. The molecule has 2 aromatic rings. The number of hydrogen-bond donors (Lipinski definition) is 2. The minimum Gasteiger partial charge on any atom is -0.396 e. The SMILES string of the molecule is Cc1[nH]c(CCCO)nc1-c1cccs1. The third-order valence-corrected chi connectivity index (χ3v) is 3.14. The van der Waals surface area contributed by atoms with E-state index in [2.05, 4.69) is 21.4 Å². The van der Waals surface area contributed by atoms with E-state index in [-0.39, 0.29) is 6.61 Å². The number of imidazole rings is 1. The molecule has 0 unspecified atom stereocenters. The van der Waals surface area contributed by atoms with Crippen molar-refractivity contribution in [3.8, 4) is 10.6 Å². The van der Waals surface area contributed by atoms with E-state index in [0.717, 1.165) is 30.1 Å². The summed E-state index contributed by atoms with van der Waals surface area (Å²) in [7, 11) is 0. The number of H-pyrrole nitrogens is 1. The zero-order chi connectivity index (χ0) is 10.7. The quantitative estimate of drug-likeness (QED) is 0.834. The van der Waals surface area contributed by atoms with Gasteiger partial charge in [-0.2, -0.15) is 0 Å². The van der Waals surface area contributed by atoms with E-state index in [1.165, 1.54) is 4.88 Å². The average Bonchev–Trinajstić information content (AvgIpc) is 2.83. The Morgan fingerprint density at radius 3 is 3.07 bits per heavy atom. The molecule has 0 amide bonds. The van der Waals surface area contributed by atoms with Gasteiger partial charge in [-0.25, -0.2) is 4.98 Å². The van der Waals surface area contributed by atoms with Crippen LogP contribution in [-0.2, 0) is 6.42 Å². The van der Waals surface area contributed by atoms with Gasteiger partial charge in [-0.3, -0.25) is 0 Å². The second-order valence-corrected chi connectivity index (χ2v) is 4.41. The number of thiophene rings is 1. The van der Waals surface area contributed by atoms with Gasteiger partial charge in [0.1, 0.15) is 11.5 Å². The Hall–Kier alpha value is -1.13. The van der Waals surface area contributed by atoms with Gasteiger partial charge >= 0.3 is 0 Å². The summed E-state index contributed by atoms with van der Waals surface area (Å²) in [4.78, 5) is 8.98. The highest BCUT2D eigenvalue weighted by Crippen LogP contribution is 2.25. The van der Waals surface area contributed by atoms with Gasteiger partial charge < -0.3 is 10.1 Å². The van der Waals surface area contributed by atoms with Crippen LogP contribution >= 0.6 is 11.3 Å². The molecule has 3 nitrogen and oxygen atoms in total. The van der Waals surface area contributed by atoms with E-state index in [4.69, 9.17) is 5.11 Å². The number of nitrogens with one attached hydrogen (secondary N) is 1. The van der Waals surface area contributed by atoms with Gasteiger partial charge in [-0.05, 0) is 24.8 Å².